The van der Waals surface area contributed by atoms with Crippen molar-refractivity contribution in [3.05, 3.63) is 0 Å². The molecule has 0 spiro atoms. The summed E-state index contributed by atoms with van der Waals surface area (Å²) >= 11 is 0. The lowest BCUT2D eigenvalue weighted by Gasteiger charge is -2.44. The number of amides is 1. The summed E-state index contributed by atoms with van der Waals surface area (Å²) in [6.45, 7) is 4.15. The maximum atomic E-state index is 10.9. The number of aliphatic hydroxyl groups is 2. The highest BCUT2D eigenvalue weighted by Gasteiger charge is 2.39. The minimum absolute atomic E-state index is 0.146. The van der Waals surface area contributed by atoms with Crippen molar-refractivity contribution in [2.45, 2.75) is 19.4 Å². The molecule has 0 bridgehead atoms. The van der Waals surface area contributed by atoms with Crippen LogP contribution in [0, 0.1) is 5.92 Å². The summed E-state index contributed by atoms with van der Waals surface area (Å²) in [4.78, 5) is 12.4. The monoisotopic (exact) mass is 173 g/mol. The van der Waals surface area contributed by atoms with Crippen LogP contribution in [-0.4, -0.2) is 46.3 Å². The van der Waals surface area contributed by atoms with Crippen molar-refractivity contribution in [3.63, 3.8) is 0 Å². The highest BCUT2D eigenvalue weighted by atomic mass is 16.3. The van der Waals surface area contributed by atoms with Gasteiger partial charge in [-0.15, -0.1) is 0 Å². The molecule has 4 heteroatoms. The van der Waals surface area contributed by atoms with Crippen molar-refractivity contribution < 1.29 is 15.0 Å². The number of hydrogen-bond donors (Lipinski definition) is 2. The molecule has 1 fully saturated rings. The highest BCUT2D eigenvalue weighted by molar-refractivity contribution is 5.78. The second-order valence-electron chi connectivity index (χ2n) is 3.81. The van der Waals surface area contributed by atoms with E-state index in [-0.39, 0.29) is 11.8 Å². The summed E-state index contributed by atoms with van der Waals surface area (Å²) in [6.07, 6.45) is 0. The van der Waals surface area contributed by atoms with Crippen LogP contribution in [0.15, 0.2) is 0 Å². The minimum atomic E-state index is -0.716. The first kappa shape index (κ1) is 9.48. The van der Waals surface area contributed by atoms with Crippen molar-refractivity contribution in [2.24, 2.45) is 5.92 Å². The van der Waals surface area contributed by atoms with Gasteiger partial charge in [-0.05, 0) is 13.8 Å². The predicted molar refractivity (Wildman–Crippen MR) is 43.5 cm³/mol. The molecule has 0 aliphatic carbocycles. The van der Waals surface area contributed by atoms with E-state index in [2.05, 4.69) is 0 Å². The Kier molecular flexibility index (Phi) is 2.39. The first-order chi connectivity index (χ1) is 5.45. The number of hydrogen-bond acceptors (Lipinski definition) is 3. The largest absolute Gasteiger partial charge is 0.390 e. The van der Waals surface area contributed by atoms with E-state index in [0.29, 0.717) is 13.1 Å². The van der Waals surface area contributed by atoms with Crippen molar-refractivity contribution >= 4 is 5.91 Å². The van der Waals surface area contributed by atoms with Gasteiger partial charge in [-0.2, -0.15) is 0 Å². The summed E-state index contributed by atoms with van der Waals surface area (Å²) in [7, 11) is 0. The Bertz CT molecular complexity index is 179. The first-order valence-electron chi connectivity index (χ1n) is 4.06. The molecule has 1 aliphatic rings. The molecule has 4 nitrogen and oxygen atoms in total. The molecule has 70 valence electrons. The van der Waals surface area contributed by atoms with E-state index >= 15 is 0 Å². The van der Waals surface area contributed by atoms with Gasteiger partial charge in [-0.1, -0.05) is 0 Å². The number of rotatable bonds is 2. The number of carbonyl (C=O) groups is 1. The third-order valence-electron chi connectivity index (χ3n) is 2.37. The topological polar surface area (TPSA) is 60.8 Å². The predicted octanol–water partition coefficient (Wildman–Crippen LogP) is -0.792. The molecule has 0 radical (unpaired) electrons. The number of carbonyl (C=O) groups excluding carboxylic acids is 1. The lowest BCUT2D eigenvalue weighted by atomic mass is 9.84. The van der Waals surface area contributed by atoms with E-state index < -0.39 is 12.2 Å². The quantitative estimate of drug-likeness (QED) is 0.575. The maximum Gasteiger partial charge on any atom is 0.248 e. The van der Waals surface area contributed by atoms with Gasteiger partial charge in [-0.25, -0.2) is 0 Å². The zero-order valence-electron chi connectivity index (χ0n) is 7.45. The second kappa shape index (κ2) is 3.03. The Hall–Kier alpha value is -0.610. The van der Waals surface area contributed by atoms with Gasteiger partial charge < -0.3 is 15.1 Å². The summed E-state index contributed by atoms with van der Waals surface area (Å²) in [5, 5.41) is 18.0. The minimum Gasteiger partial charge on any atom is -0.390 e. The molecule has 0 saturated carbocycles. The molecule has 1 heterocycles. The van der Waals surface area contributed by atoms with E-state index in [1.807, 2.05) is 0 Å². The summed E-state index contributed by atoms with van der Waals surface area (Å²) in [5.74, 6) is -0.108. The van der Waals surface area contributed by atoms with Gasteiger partial charge in [0.05, 0.1) is 5.60 Å². The van der Waals surface area contributed by atoms with Crippen LogP contribution in [0.1, 0.15) is 13.8 Å². The van der Waals surface area contributed by atoms with Crippen molar-refractivity contribution in [1.82, 2.24) is 4.90 Å². The lowest BCUT2D eigenvalue weighted by molar-refractivity contribution is -0.147. The molecule has 2 N–H and O–H groups in total. The molecule has 1 saturated heterocycles. The van der Waals surface area contributed by atoms with Gasteiger partial charge >= 0.3 is 0 Å². The third kappa shape index (κ3) is 1.76. The molecule has 1 amide bonds. The first-order valence-corrected chi connectivity index (χ1v) is 4.06. The van der Waals surface area contributed by atoms with Crippen LogP contribution >= 0.6 is 0 Å². The summed E-state index contributed by atoms with van der Waals surface area (Å²) in [5.41, 5.74) is -0.716. The van der Waals surface area contributed by atoms with Gasteiger partial charge in [0.1, 0.15) is 6.61 Å². The van der Waals surface area contributed by atoms with Gasteiger partial charge in [0, 0.05) is 19.0 Å². The summed E-state index contributed by atoms with van der Waals surface area (Å²) in [6, 6.07) is 0. The molecule has 12 heavy (non-hydrogen) atoms. The van der Waals surface area contributed by atoms with E-state index in [4.69, 9.17) is 5.11 Å². The van der Waals surface area contributed by atoms with Gasteiger partial charge in [0.25, 0.3) is 0 Å². The van der Waals surface area contributed by atoms with Crippen molar-refractivity contribution in [1.29, 1.82) is 0 Å². The van der Waals surface area contributed by atoms with E-state index in [1.165, 1.54) is 0 Å². The molecule has 0 aromatic carbocycles. The summed E-state index contributed by atoms with van der Waals surface area (Å²) < 4.78 is 0. The Morgan fingerprint density at radius 1 is 1.58 bits per heavy atom. The Morgan fingerprint density at radius 3 is 2.42 bits per heavy atom. The molecular weight excluding hydrogens is 158 g/mol. The van der Waals surface area contributed by atoms with Crippen LogP contribution in [0.25, 0.3) is 0 Å². The zero-order valence-corrected chi connectivity index (χ0v) is 7.45. The van der Waals surface area contributed by atoms with Gasteiger partial charge in [0.15, 0.2) is 0 Å². The lowest BCUT2D eigenvalue weighted by Crippen LogP contribution is -2.58. The Balaban J connectivity index is 2.34. The van der Waals surface area contributed by atoms with Crippen LogP contribution in [0.2, 0.25) is 0 Å². The SMILES string of the molecule is CC(C)(O)C1CN(C(=O)CO)C1. The fraction of sp³-hybridized carbons (Fsp3) is 0.875. The van der Waals surface area contributed by atoms with E-state index in [9.17, 15) is 9.90 Å². The highest BCUT2D eigenvalue weighted by Crippen LogP contribution is 2.26. The van der Waals surface area contributed by atoms with E-state index in [0.717, 1.165) is 0 Å². The van der Waals surface area contributed by atoms with Crippen LogP contribution in [0.4, 0.5) is 0 Å². The normalized spacial score (nSPS) is 19.2. The van der Waals surface area contributed by atoms with Crippen LogP contribution in [-0.2, 0) is 4.79 Å². The molecule has 0 aromatic rings. The van der Waals surface area contributed by atoms with Gasteiger partial charge in [-0.3, -0.25) is 4.79 Å². The molecule has 1 aliphatic heterocycles. The molecule has 1 rings (SSSR count). The molecule has 0 aromatic heterocycles. The maximum absolute atomic E-state index is 10.9. The Morgan fingerprint density at radius 2 is 2.08 bits per heavy atom. The van der Waals surface area contributed by atoms with Gasteiger partial charge in [0.2, 0.25) is 5.91 Å². The fourth-order valence-corrected chi connectivity index (χ4v) is 1.23. The van der Waals surface area contributed by atoms with Crippen LogP contribution in [0.5, 0.6) is 0 Å². The standard InChI is InChI=1S/C8H15NO3/c1-8(2,12)6-3-9(4-6)7(11)5-10/h6,10,12H,3-5H2,1-2H3. The fourth-order valence-electron chi connectivity index (χ4n) is 1.23. The second-order valence-corrected chi connectivity index (χ2v) is 3.81. The average molecular weight is 173 g/mol. The van der Waals surface area contributed by atoms with Crippen LogP contribution in [0.3, 0.4) is 0 Å². The zero-order chi connectivity index (χ0) is 9.35. The van der Waals surface area contributed by atoms with Crippen molar-refractivity contribution in [2.75, 3.05) is 19.7 Å². The molecule has 0 atom stereocenters. The molecule has 0 unspecified atom stereocenters. The van der Waals surface area contributed by atoms with Crippen molar-refractivity contribution in [3.8, 4) is 0 Å². The van der Waals surface area contributed by atoms with Crippen LogP contribution < -0.4 is 0 Å². The number of likely N-dealkylation sites (tertiary alicyclic amines) is 1. The van der Waals surface area contributed by atoms with E-state index in [1.54, 1.807) is 18.7 Å². The Labute approximate surface area is 71.8 Å². The number of aliphatic hydroxyl groups excluding tert-OH is 1. The molecular formula is C8H15NO3. The average Bonchev–Trinajstić information content (AvgIpc) is 1.80. The number of nitrogens with zero attached hydrogens (tertiary/aromatic N) is 1. The smallest absolute Gasteiger partial charge is 0.248 e. The third-order valence-corrected chi connectivity index (χ3v) is 2.37.